The van der Waals surface area contributed by atoms with Crippen LogP contribution in [0, 0.1) is 13.8 Å². The summed E-state index contributed by atoms with van der Waals surface area (Å²) in [5.41, 5.74) is 1.21. The Morgan fingerprint density at radius 3 is 2.68 bits per heavy atom. The van der Waals surface area contributed by atoms with Crippen molar-refractivity contribution in [2.75, 3.05) is 25.0 Å². The van der Waals surface area contributed by atoms with Gasteiger partial charge in [0, 0.05) is 23.3 Å². The summed E-state index contributed by atoms with van der Waals surface area (Å²) < 4.78 is 5.71. The van der Waals surface area contributed by atoms with E-state index < -0.39 is 0 Å². The molecule has 1 aromatic heterocycles. The number of amides is 1. The Balaban J connectivity index is 1.89. The van der Waals surface area contributed by atoms with E-state index >= 15 is 0 Å². The lowest BCUT2D eigenvalue weighted by atomic mass is 10.1. The zero-order valence-corrected chi connectivity index (χ0v) is 13.8. The molecule has 3 nitrogen and oxygen atoms in total. The molecule has 0 N–H and O–H groups in total. The molecule has 0 unspecified atom stereocenters. The maximum atomic E-state index is 12.4. The molecule has 0 radical (unpaired) electrons. The van der Waals surface area contributed by atoms with Gasteiger partial charge in [-0.3, -0.25) is 4.79 Å². The zero-order chi connectivity index (χ0) is 13.8. The third-order valence-corrected chi connectivity index (χ3v) is 5.00. The van der Waals surface area contributed by atoms with E-state index in [9.17, 15) is 4.79 Å². The van der Waals surface area contributed by atoms with Crippen molar-refractivity contribution in [2.24, 2.45) is 0 Å². The van der Waals surface area contributed by atoms with E-state index in [0.29, 0.717) is 6.10 Å². The van der Waals surface area contributed by atoms with Gasteiger partial charge in [-0.1, -0.05) is 15.9 Å². The van der Waals surface area contributed by atoms with Crippen LogP contribution in [0.1, 0.15) is 33.0 Å². The number of likely N-dealkylation sites (tertiary alicyclic amines) is 1. The third kappa shape index (κ3) is 3.80. The first-order chi connectivity index (χ1) is 9.11. The highest BCUT2D eigenvalue weighted by Gasteiger charge is 2.25. The molecule has 0 bridgehead atoms. The summed E-state index contributed by atoms with van der Waals surface area (Å²) in [6.07, 6.45) is 2.21. The molecule has 0 aromatic carbocycles. The number of thiophene rings is 1. The Morgan fingerprint density at radius 1 is 1.47 bits per heavy atom. The first kappa shape index (κ1) is 15.0. The standard InChI is InChI=1S/C14H20BrNO2S/c1-10-9-13(19-11(10)2)14(17)16-6-3-12(4-7-16)18-8-5-15/h9,12H,3-8H2,1-2H3. The first-order valence-corrected chi connectivity index (χ1v) is 8.59. The van der Waals surface area contributed by atoms with Crippen molar-refractivity contribution in [3.63, 3.8) is 0 Å². The topological polar surface area (TPSA) is 29.5 Å². The second-order valence-electron chi connectivity index (χ2n) is 4.90. The van der Waals surface area contributed by atoms with Gasteiger partial charge < -0.3 is 9.64 Å². The van der Waals surface area contributed by atoms with Crippen LogP contribution < -0.4 is 0 Å². The summed E-state index contributed by atoms with van der Waals surface area (Å²) in [5.74, 6) is 0.181. The van der Waals surface area contributed by atoms with Gasteiger partial charge in [0.25, 0.3) is 5.91 Å². The lowest BCUT2D eigenvalue weighted by Gasteiger charge is -2.31. The molecular weight excluding hydrogens is 326 g/mol. The molecule has 5 heteroatoms. The van der Waals surface area contributed by atoms with Gasteiger partial charge in [0.1, 0.15) is 0 Å². The number of piperidine rings is 1. The summed E-state index contributed by atoms with van der Waals surface area (Å²) in [6.45, 7) is 6.49. The summed E-state index contributed by atoms with van der Waals surface area (Å²) in [5, 5.41) is 0.875. The van der Waals surface area contributed by atoms with Gasteiger partial charge in [-0.2, -0.15) is 0 Å². The van der Waals surface area contributed by atoms with Gasteiger partial charge in [-0.05, 0) is 38.3 Å². The van der Waals surface area contributed by atoms with Crippen molar-refractivity contribution in [1.29, 1.82) is 0 Å². The lowest BCUT2D eigenvalue weighted by Crippen LogP contribution is -2.40. The van der Waals surface area contributed by atoms with E-state index in [4.69, 9.17) is 4.74 Å². The third-order valence-electron chi connectivity index (χ3n) is 3.54. The molecule has 1 saturated heterocycles. The predicted molar refractivity (Wildman–Crippen MR) is 82.5 cm³/mol. The molecular formula is C14H20BrNO2S. The molecule has 1 fully saturated rings. The number of aryl methyl sites for hydroxylation is 2. The van der Waals surface area contributed by atoms with Crippen LogP contribution >= 0.6 is 27.3 Å². The molecule has 106 valence electrons. The van der Waals surface area contributed by atoms with Crippen molar-refractivity contribution in [3.05, 3.63) is 21.4 Å². The average molecular weight is 346 g/mol. The number of halogens is 1. The van der Waals surface area contributed by atoms with Crippen LogP contribution in [-0.4, -0.2) is 41.9 Å². The highest BCUT2D eigenvalue weighted by Crippen LogP contribution is 2.24. The van der Waals surface area contributed by atoms with Gasteiger partial charge in [0.15, 0.2) is 0 Å². The highest BCUT2D eigenvalue weighted by molar-refractivity contribution is 9.09. The second-order valence-corrected chi connectivity index (χ2v) is 6.95. The molecule has 0 atom stereocenters. The second kappa shape index (κ2) is 6.86. The van der Waals surface area contributed by atoms with Crippen molar-refractivity contribution in [3.8, 4) is 0 Å². The summed E-state index contributed by atoms with van der Waals surface area (Å²) in [4.78, 5) is 16.4. The van der Waals surface area contributed by atoms with E-state index in [1.165, 1.54) is 10.4 Å². The van der Waals surface area contributed by atoms with Crippen LogP contribution in [0.5, 0.6) is 0 Å². The Morgan fingerprint density at radius 2 is 2.16 bits per heavy atom. The Bertz CT molecular complexity index is 419. The fourth-order valence-corrected chi connectivity index (χ4v) is 3.46. The van der Waals surface area contributed by atoms with Gasteiger partial charge in [0.05, 0.1) is 17.6 Å². The number of hydrogen-bond donors (Lipinski definition) is 0. The monoisotopic (exact) mass is 345 g/mol. The minimum Gasteiger partial charge on any atom is -0.377 e. The van der Waals surface area contributed by atoms with Crippen LogP contribution in [-0.2, 0) is 4.74 Å². The number of nitrogens with zero attached hydrogens (tertiary/aromatic N) is 1. The molecule has 0 saturated carbocycles. The van der Waals surface area contributed by atoms with E-state index in [1.54, 1.807) is 11.3 Å². The molecule has 2 heterocycles. The zero-order valence-electron chi connectivity index (χ0n) is 11.4. The van der Waals surface area contributed by atoms with E-state index in [0.717, 1.165) is 42.7 Å². The van der Waals surface area contributed by atoms with Crippen molar-refractivity contribution in [2.45, 2.75) is 32.8 Å². The number of ether oxygens (including phenoxy) is 1. The fraction of sp³-hybridized carbons (Fsp3) is 0.643. The van der Waals surface area contributed by atoms with Gasteiger partial charge >= 0.3 is 0 Å². The maximum Gasteiger partial charge on any atom is 0.263 e. The minimum absolute atomic E-state index is 0.181. The Hall–Kier alpha value is -0.390. The van der Waals surface area contributed by atoms with Crippen LogP contribution in [0.3, 0.4) is 0 Å². The molecule has 1 aliphatic heterocycles. The summed E-state index contributed by atoms with van der Waals surface area (Å²) in [7, 11) is 0. The fourth-order valence-electron chi connectivity index (χ4n) is 2.27. The van der Waals surface area contributed by atoms with Gasteiger partial charge in [0.2, 0.25) is 0 Å². The van der Waals surface area contributed by atoms with E-state index in [-0.39, 0.29) is 5.91 Å². The van der Waals surface area contributed by atoms with Gasteiger partial charge in [-0.25, -0.2) is 0 Å². The van der Waals surface area contributed by atoms with E-state index in [1.807, 2.05) is 11.0 Å². The van der Waals surface area contributed by atoms with Crippen LogP contribution in [0.4, 0.5) is 0 Å². The Kier molecular flexibility index (Phi) is 5.42. The molecule has 0 aliphatic carbocycles. The largest absolute Gasteiger partial charge is 0.377 e. The molecule has 1 amide bonds. The number of carbonyl (C=O) groups is 1. The van der Waals surface area contributed by atoms with Crippen LogP contribution in [0.15, 0.2) is 6.07 Å². The summed E-state index contributed by atoms with van der Waals surface area (Å²) in [6, 6.07) is 2.01. The van der Waals surface area contributed by atoms with Crippen LogP contribution in [0.2, 0.25) is 0 Å². The lowest BCUT2D eigenvalue weighted by molar-refractivity contribution is 0.0161. The Labute approximate surface area is 127 Å². The molecule has 1 aromatic rings. The SMILES string of the molecule is Cc1cc(C(=O)N2CCC(OCCBr)CC2)sc1C. The number of alkyl halides is 1. The number of rotatable bonds is 4. The smallest absolute Gasteiger partial charge is 0.263 e. The maximum absolute atomic E-state index is 12.4. The molecule has 2 rings (SSSR count). The van der Waals surface area contributed by atoms with Crippen molar-refractivity contribution < 1.29 is 9.53 Å². The molecule has 1 aliphatic rings. The molecule has 19 heavy (non-hydrogen) atoms. The average Bonchev–Trinajstić information content (AvgIpc) is 2.76. The van der Waals surface area contributed by atoms with Gasteiger partial charge in [-0.15, -0.1) is 11.3 Å². The number of carbonyl (C=O) groups excluding carboxylic acids is 1. The summed E-state index contributed by atoms with van der Waals surface area (Å²) >= 11 is 4.96. The normalized spacial score (nSPS) is 16.9. The highest BCUT2D eigenvalue weighted by atomic mass is 79.9. The number of hydrogen-bond acceptors (Lipinski definition) is 3. The molecule has 0 spiro atoms. The minimum atomic E-state index is 0.181. The first-order valence-electron chi connectivity index (χ1n) is 6.65. The van der Waals surface area contributed by atoms with Crippen molar-refractivity contribution >= 4 is 33.2 Å². The predicted octanol–water partition coefficient (Wildman–Crippen LogP) is 3.38. The van der Waals surface area contributed by atoms with Crippen molar-refractivity contribution in [1.82, 2.24) is 4.90 Å². The van der Waals surface area contributed by atoms with E-state index in [2.05, 4.69) is 29.8 Å². The quantitative estimate of drug-likeness (QED) is 0.783. The van der Waals surface area contributed by atoms with Crippen LogP contribution in [0.25, 0.3) is 0 Å².